The molecular formula is C15H19N5O. The molecule has 0 radical (unpaired) electrons. The van der Waals surface area contributed by atoms with Crippen LogP contribution < -0.4 is 9.80 Å². The molecule has 0 amide bonds. The summed E-state index contributed by atoms with van der Waals surface area (Å²) in [6.45, 7) is 2.17. The number of pyridine rings is 1. The molecule has 1 aliphatic heterocycles. The van der Waals surface area contributed by atoms with E-state index in [0.29, 0.717) is 13.2 Å². The van der Waals surface area contributed by atoms with Crippen molar-refractivity contribution >= 4 is 11.8 Å². The Kier molecular flexibility index (Phi) is 3.96. The van der Waals surface area contributed by atoms with Crippen LogP contribution in [-0.2, 0) is 4.74 Å². The van der Waals surface area contributed by atoms with Crippen LogP contribution in [0.5, 0.6) is 0 Å². The van der Waals surface area contributed by atoms with E-state index >= 15 is 0 Å². The normalized spacial score (nSPS) is 18.6. The van der Waals surface area contributed by atoms with E-state index in [-0.39, 0.29) is 6.10 Å². The lowest BCUT2D eigenvalue weighted by Gasteiger charge is -2.32. The first kappa shape index (κ1) is 13.8. The van der Waals surface area contributed by atoms with Crippen LogP contribution in [0, 0.1) is 0 Å². The Labute approximate surface area is 124 Å². The van der Waals surface area contributed by atoms with Crippen LogP contribution in [0.1, 0.15) is 11.8 Å². The summed E-state index contributed by atoms with van der Waals surface area (Å²) in [7, 11) is 3.97. The zero-order valence-corrected chi connectivity index (χ0v) is 12.3. The first-order chi connectivity index (χ1) is 10.2. The average Bonchev–Trinajstić information content (AvgIpc) is 2.56. The Morgan fingerprint density at radius 3 is 2.76 bits per heavy atom. The lowest BCUT2D eigenvalue weighted by Crippen LogP contribution is -2.39. The molecule has 21 heavy (non-hydrogen) atoms. The van der Waals surface area contributed by atoms with Gasteiger partial charge in [-0.2, -0.15) is 0 Å². The number of rotatable bonds is 3. The molecule has 1 aliphatic rings. The lowest BCUT2D eigenvalue weighted by atomic mass is 10.2. The van der Waals surface area contributed by atoms with E-state index in [4.69, 9.17) is 4.74 Å². The molecule has 2 aromatic rings. The van der Waals surface area contributed by atoms with Crippen LogP contribution in [0.4, 0.5) is 11.8 Å². The minimum Gasteiger partial charge on any atom is -0.368 e. The quantitative estimate of drug-likeness (QED) is 0.852. The van der Waals surface area contributed by atoms with Gasteiger partial charge >= 0.3 is 0 Å². The van der Waals surface area contributed by atoms with Gasteiger partial charge in [-0.15, -0.1) is 0 Å². The first-order valence-corrected chi connectivity index (χ1v) is 7.02. The summed E-state index contributed by atoms with van der Waals surface area (Å²) >= 11 is 0. The van der Waals surface area contributed by atoms with E-state index in [0.717, 1.165) is 24.0 Å². The van der Waals surface area contributed by atoms with Gasteiger partial charge in [0.05, 0.1) is 18.8 Å². The minimum absolute atomic E-state index is 0.0533. The molecule has 0 N–H and O–H groups in total. The second kappa shape index (κ2) is 6.05. The van der Waals surface area contributed by atoms with Crippen molar-refractivity contribution in [1.82, 2.24) is 15.0 Å². The summed E-state index contributed by atoms with van der Waals surface area (Å²) in [5, 5.41) is 0. The molecule has 0 spiro atoms. The Bertz CT molecular complexity index is 590. The second-order valence-corrected chi connectivity index (χ2v) is 5.17. The van der Waals surface area contributed by atoms with E-state index in [9.17, 15) is 0 Å². The van der Waals surface area contributed by atoms with Gasteiger partial charge in [0.2, 0.25) is 5.95 Å². The van der Waals surface area contributed by atoms with Crippen LogP contribution in [-0.4, -0.2) is 48.7 Å². The van der Waals surface area contributed by atoms with Gasteiger partial charge in [0.25, 0.3) is 0 Å². The molecule has 3 heterocycles. The molecule has 1 fully saturated rings. The van der Waals surface area contributed by atoms with Gasteiger partial charge in [-0.25, -0.2) is 15.0 Å². The molecule has 0 saturated carbocycles. The third kappa shape index (κ3) is 3.11. The molecule has 0 aromatic carbocycles. The zero-order valence-electron chi connectivity index (χ0n) is 12.3. The number of hydrogen-bond donors (Lipinski definition) is 0. The predicted octanol–water partition coefficient (Wildman–Crippen LogP) is 1.52. The fourth-order valence-electron chi connectivity index (χ4n) is 2.33. The topological polar surface area (TPSA) is 54.4 Å². The number of morpholine rings is 1. The van der Waals surface area contributed by atoms with E-state index in [1.165, 1.54) is 0 Å². The SMILES string of the molecule is CN(C)c1cccc([C@@H]2CN(c3ncccn3)CCO2)n1. The third-order valence-corrected chi connectivity index (χ3v) is 3.45. The smallest absolute Gasteiger partial charge is 0.225 e. The standard InChI is InChI=1S/C15H19N5O/c1-19(2)14-6-3-5-12(18-14)13-11-20(9-10-21-13)15-16-7-4-8-17-15/h3-8,13H,9-11H2,1-2H3/t13-/m0/s1. The van der Waals surface area contributed by atoms with Crippen LogP contribution in [0.15, 0.2) is 36.7 Å². The molecule has 3 rings (SSSR count). The summed E-state index contributed by atoms with van der Waals surface area (Å²) in [4.78, 5) is 17.4. The van der Waals surface area contributed by atoms with Crippen molar-refractivity contribution < 1.29 is 4.74 Å². The first-order valence-electron chi connectivity index (χ1n) is 7.02. The molecule has 0 aliphatic carbocycles. The molecule has 2 aromatic heterocycles. The average molecular weight is 285 g/mol. The molecule has 6 heteroatoms. The van der Waals surface area contributed by atoms with Gasteiger partial charge in [0, 0.05) is 33.0 Å². The predicted molar refractivity (Wildman–Crippen MR) is 81.5 cm³/mol. The maximum atomic E-state index is 5.87. The molecule has 110 valence electrons. The maximum absolute atomic E-state index is 5.87. The number of hydrogen-bond acceptors (Lipinski definition) is 6. The van der Waals surface area contributed by atoms with Gasteiger partial charge in [0.15, 0.2) is 0 Å². The van der Waals surface area contributed by atoms with E-state index < -0.39 is 0 Å². The van der Waals surface area contributed by atoms with Crippen molar-refractivity contribution in [3.8, 4) is 0 Å². The molecular weight excluding hydrogens is 266 g/mol. The Balaban J connectivity index is 1.78. The maximum Gasteiger partial charge on any atom is 0.225 e. The van der Waals surface area contributed by atoms with Gasteiger partial charge in [-0.05, 0) is 18.2 Å². The monoisotopic (exact) mass is 285 g/mol. The molecule has 0 bridgehead atoms. The summed E-state index contributed by atoms with van der Waals surface area (Å²) in [5.74, 6) is 1.68. The third-order valence-electron chi connectivity index (χ3n) is 3.45. The van der Waals surface area contributed by atoms with Crippen molar-refractivity contribution in [3.63, 3.8) is 0 Å². The summed E-state index contributed by atoms with van der Waals surface area (Å²) in [6.07, 6.45) is 3.47. The molecule has 6 nitrogen and oxygen atoms in total. The zero-order chi connectivity index (χ0) is 14.7. The summed E-state index contributed by atoms with van der Waals surface area (Å²) in [5.41, 5.74) is 0.946. The van der Waals surface area contributed by atoms with Crippen molar-refractivity contribution in [1.29, 1.82) is 0 Å². The highest BCUT2D eigenvalue weighted by Gasteiger charge is 2.24. The summed E-state index contributed by atoms with van der Waals surface area (Å²) in [6, 6.07) is 7.83. The van der Waals surface area contributed by atoms with Crippen molar-refractivity contribution in [2.45, 2.75) is 6.10 Å². The van der Waals surface area contributed by atoms with Gasteiger partial charge < -0.3 is 14.5 Å². The van der Waals surface area contributed by atoms with Crippen LogP contribution in [0.2, 0.25) is 0 Å². The Hall–Kier alpha value is -2.21. The van der Waals surface area contributed by atoms with Crippen LogP contribution >= 0.6 is 0 Å². The number of aromatic nitrogens is 3. The van der Waals surface area contributed by atoms with Gasteiger partial charge in [0.1, 0.15) is 11.9 Å². The number of ether oxygens (including phenoxy) is 1. The molecule has 1 atom stereocenters. The Morgan fingerprint density at radius 1 is 1.19 bits per heavy atom. The van der Waals surface area contributed by atoms with E-state index in [1.54, 1.807) is 12.4 Å². The fraction of sp³-hybridized carbons (Fsp3) is 0.400. The fourth-order valence-corrected chi connectivity index (χ4v) is 2.33. The highest BCUT2D eigenvalue weighted by atomic mass is 16.5. The van der Waals surface area contributed by atoms with Crippen LogP contribution in [0.3, 0.4) is 0 Å². The largest absolute Gasteiger partial charge is 0.368 e. The molecule has 0 unspecified atom stereocenters. The second-order valence-electron chi connectivity index (χ2n) is 5.17. The van der Waals surface area contributed by atoms with Gasteiger partial charge in [-0.3, -0.25) is 0 Å². The minimum atomic E-state index is -0.0533. The Morgan fingerprint density at radius 2 is 2.00 bits per heavy atom. The molecule has 1 saturated heterocycles. The summed E-state index contributed by atoms with van der Waals surface area (Å²) < 4.78 is 5.87. The number of anilines is 2. The number of nitrogens with zero attached hydrogens (tertiary/aromatic N) is 5. The van der Waals surface area contributed by atoms with Crippen molar-refractivity contribution in [2.75, 3.05) is 43.6 Å². The van der Waals surface area contributed by atoms with Crippen LogP contribution in [0.25, 0.3) is 0 Å². The van der Waals surface area contributed by atoms with Crippen molar-refractivity contribution in [3.05, 3.63) is 42.4 Å². The van der Waals surface area contributed by atoms with E-state index in [2.05, 4.69) is 19.9 Å². The van der Waals surface area contributed by atoms with E-state index in [1.807, 2.05) is 43.3 Å². The highest BCUT2D eigenvalue weighted by Crippen LogP contribution is 2.24. The van der Waals surface area contributed by atoms with Gasteiger partial charge in [-0.1, -0.05) is 6.07 Å². The van der Waals surface area contributed by atoms with Crippen molar-refractivity contribution in [2.24, 2.45) is 0 Å². The highest BCUT2D eigenvalue weighted by molar-refractivity contribution is 5.38. The lowest BCUT2D eigenvalue weighted by molar-refractivity contribution is 0.0365.